The predicted octanol–water partition coefficient (Wildman–Crippen LogP) is 3.29. The van der Waals surface area contributed by atoms with E-state index in [1.165, 1.54) is 0 Å². The molecule has 328 valence electrons. The summed E-state index contributed by atoms with van der Waals surface area (Å²) >= 11 is 3.29. The minimum absolute atomic E-state index is 0.0778. The largest absolute Gasteiger partial charge is 0.420 e. The minimum atomic E-state index is -2.35. The van der Waals surface area contributed by atoms with E-state index in [2.05, 4.69) is 20.7 Å². The maximum Gasteiger partial charge on any atom is 0.313 e. The van der Waals surface area contributed by atoms with Crippen LogP contribution in [0.3, 0.4) is 0 Å². The molecule has 0 amide bonds. The van der Waals surface area contributed by atoms with Crippen LogP contribution in [0, 0.1) is 29.1 Å². The van der Waals surface area contributed by atoms with Gasteiger partial charge in [-0.1, -0.05) is 15.9 Å². The molecule has 1 aromatic carbocycles. The molecule has 0 aliphatic heterocycles. The lowest BCUT2D eigenvalue weighted by Crippen LogP contribution is -2.16. The standard InChI is InChI=1S/C35H56BrF5O15/c36-2-4-44-6-8-46-10-12-48-14-16-50-18-20-52-22-24-54-26-28-55-27-25-53-23-21-51-19-17-49-15-13-47-11-9-45-7-5-43-3-1-29(42)56-35-33(40)31(38)30(37)32(39)34(35)41/h1-28H2. The molecule has 1 rings (SSSR count). The fourth-order valence-electron chi connectivity index (χ4n) is 3.79. The molecule has 0 spiro atoms. The molecule has 0 aliphatic carbocycles. The monoisotopic (exact) mass is 890 g/mol. The summed E-state index contributed by atoms with van der Waals surface area (Å²) in [6, 6.07) is 0. The van der Waals surface area contributed by atoms with Crippen molar-refractivity contribution < 1.29 is 93.1 Å². The molecule has 0 radical (unpaired) electrons. The Bertz CT molecular complexity index is 1060. The van der Waals surface area contributed by atoms with Gasteiger partial charge in [0.2, 0.25) is 34.8 Å². The highest BCUT2D eigenvalue weighted by Gasteiger charge is 2.28. The number of rotatable bonds is 42. The Kier molecular flexibility index (Phi) is 36.2. The van der Waals surface area contributed by atoms with Gasteiger partial charge in [0.15, 0.2) is 0 Å². The number of esters is 1. The van der Waals surface area contributed by atoms with Crippen LogP contribution >= 0.6 is 15.9 Å². The van der Waals surface area contributed by atoms with E-state index in [1.54, 1.807) is 0 Å². The Morgan fingerprint density at radius 3 is 0.750 bits per heavy atom. The molecule has 0 heterocycles. The van der Waals surface area contributed by atoms with Crippen molar-refractivity contribution in [2.24, 2.45) is 0 Å². The number of halogens is 6. The zero-order valence-corrected chi connectivity index (χ0v) is 33.3. The van der Waals surface area contributed by atoms with Crippen LogP contribution < -0.4 is 4.74 Å². The molecule has 0 aliphatic rings. The van der Waals surface area contributed by atoms with Crippen LogP contribution in [0.1, 0.15) is 6.42 Å². The molecule has 15 nitrogen and oxygen atoms in total. The van der Waals surface area contributed by atoms with E-state index in [0.717, 1.165) is 5.33 Å². The van der Waals surface area contributed by atoms with Gasteiger partial charge in [0.1, 0.15) is 0 Å². The van der Waals surface area contributed by atoms with Crippen LogP contribution in [0.15, 0.2) is 0 Å². The number of carbonyl (C=O) groups is 1. The Balaban J connectivity index is 1.70. The fourth-order valence-corrected chi connectivity index (χ4v) is 4.02. The van der Waals surface area contributed by atoms with Gasteiger partial charge in [0, 0.05) is 5.33 Å². The Morgan fingerprint density at radius 2 is 0.518 bits per heavy atom. The van der Waals surface area contributed by atoms with Gasteiger partial charge in [-0.05, 0) is 0 Å². The first-order chi connectivity index (χ1) is 27.4. The van der Waals surface area contributed by atoms with Gasteiger partial charge in [-0.15, -0.1) is 0 Å². The molecule has 0 atom stereocenters. The van der Waals surface area contributed by atoms with Crippen molar-refractivity contribution in [1.82, 2.24) is 0 Å². The van der Waals surface area contributed by atoms with E-state index in [0.29, 0.717) is 145 Å². The molecule has 0 saturated heterocycles. The van der Waals surface area contributed by atoms with Gasteiger partial charge in [-0.25, -0.2) is 13.2 Å². The smallest absolute Gasteiger partial charge is 0.313 e. The highest BCUT2D eigenvalue weighted by atomic mass is 79.9. The third-order valence-electron chi connectivity index (χ3n) is 6.52. The second-order valence-corrected chi connectivity index (χ2v) is 11.6. The van der Waals surface area contributed by atoms with Crippen molar-refractivity contribution in [3.05, 3.63) is 29.1 Å². The van der Waals surface area contributed by atoms with Crippen LogP contribution in [0.2, 0.25) is 0 Å². The van der Waals surface area contributed by atoms with E-state index < -0.39 is 47.2 Å². The molecule has 56 heavy (non-hydrogen) atoms. The quantitative estimate of drug-likeness (QED) is 0.0180. The van der Waals surface area contributed by atoms with Crippen molar-refractivity contribution in [2.45, 2.75) is 6.42 Å². The summed E-state index contributed by atoms with van der Waals surface area (Å²) in [4.78, 5) is 11.7. The number of hydrogen-bond acceptors (Lipinski definition) is 15. The fraction of sp³-hybridized carbons (Fsp3) is 0.800. The maximum absolute atomic E-state index is 13.6. The van der Waals surface area contributed by atoms with Crippen molar-refractivity contribution >= 4 is 21.9 Å². The summed E-state index contributed by atoms with van der Waals surface area (Å²) < 4.78 is 141. The molecule has 1 aromatic rings. The Labute approximate surface area is 332 Å². The second-order valence-electron chi connectivity index (χ2n) is 10.8. The van der Waals surface area contributed by atoms with Gasteiger partial charge in [-0.2, -0.15) is 8.78 Å². The Morgan fingerprint density at radius 1 is 0.321 bits per heavy atom. The first kappa shape index (κ1) is 52.3. The molecule has 0 unspecified atom stereocenters. The van der Waals surface area contributed by atoms with Crippen molar-refractivity contribution in [3.63, 3.8) is 0 Å². The summed E-state index contributed by atoms with van der Waals surface area (Å²) in [6.45, 7) is 10.6. The predicted molar refractivity (Wildman–Crippen MR) is 191 cm³/mol. The first-order valence-electron chi connectivity index (χ1n) is 18.2. The minimum Gasteiger partial charge on any atom is -0.420 e. The lowest BCUT2D eigenvalue weighted by Gasteiger charge is -2.09. The summed E-state index contributed by atoms with van der Waals surface area (Å²) in [6.07, 6.45) is -0.489. The average molecular weight is 892 g/mol. The average Bonchev–Trinajstić information content (AvgIpc) is 3.20. The molecule has 21 heteroatoms. The second kappa shape index (κ2) is 38.8. The van der Waals surface area contributed by atoms with Crippen molar-refractivity contribution in [2.75, 3.05) is 177 Å². The van der Waals surface area contributed by atoms with Gasteiger partial charge >= 0.3 is 5.97 Å². The van der Waals surface area contributed by atoms with Gasteiger partial charge in [-0.3, -0.25) is 4.79 Å². The number of alkyl halides is 1. The zero-order valence-electron chi connectivity index (χ0n) is 31.7. The number of carbonyl (C=O) groups excluding carboxylic acids is 1. The van der Waals surface area contributed by atoms with Crippen LogP contribution in [-0.4, -0.2) is 183 Å². The van der Waals surface area contributed by atoms with E-state index >= 15 is 0 Å². The number of hydrogen-bond donors (Lipinski definition) is 0. The van der Waals surface area contributed by atoms with E-state index in [-0.39, 0.29) is 26.4 Å². The lowest BCUT2D eigenvalue weighted by atomic mass is 10.2. The van der Waals surface area contributed by atoms with Crippen LogP contribution in [-0.2, 0) is 66.4 Å². The highest BCUT2D eigenvalue weighted by Crippen LogP contribution is 2.29. The third-order valence-corrected chi connectivity index (χ3v) is 6.85. The molecular formula is C35H56BrF5O15. The van der Waals surface area contributed by atoms with Crippen LogP contribution in [0.25, 0.3) is 0 Å². The number of benzene rings is 1. The van der Waals surface area contributed by atoms with Crippen molar-refractivity contribution in [3.8, 4) is 5.75 Å². The van der Waals surface area contributed by atoms with E-state index in [4.69, 9.17) is 61.6 Å². The van der Waals surface area contributed by atoms with Crippen molar-refractivity contribution in [1.29, 1.82) is 0 Å². The molecule has 0 aromatic heterocycles. The van der Waals surface area contributed by atoms with E-state index in [1.807, 2.05) is 0 Å². The Hall–Kier alpha value is -1.70. The summed E-state index contributed by atoms with van der Waals surface area (Å²) in [5.41, 5.74) is 0. The summed E-state index contributed by atoms with van der Waals surface area (Å²) in [7, 11) is 0. The zero-order chi connectivity index (χ0) is 40.7. The summed E-state index contributed by atoms with van der Waals surface area (Å²) in [5.74, 6) is -14.1. The topological polar surface area (TPSA) is 146 Å². The van der Waals surface area contributed by atoms with Gasteiger partial charge < -0.3 is 66.3 Å². The maximum atomic E-state index is 13.6. The molecular weight excluding hydrogens is 835 g/mol. The normalized spacial score (nSPS) is 11.5. The number of ether oxygens (including phenoxy) is 14. The molecule has 0 fully saturated rings. The van der Waals surface area contributed by atoms with E-state index in [9.17, 15) is 26.7 Å². The van der Waals surface area contributed by atoms with Gasteiger partial charge in [0.05, 0.1) is 178 Å². The summed E-state index contributed by atoms with van der Waals surface area (Å²) in [5, 5.41) is 0.819. The van der Waals surface area contributed by atoms with Crippen LogP contribution in [0.5, 0.6) is 5.75 Å². The van der Waals surface area contributed by atoms with Gasteiger partial charge in [0.25, 0.3) is 0 Å². The molecule has 0 saturated carbocycles. The van der Waals surface area contributed by atoms with Crippen LogP contribution in [0.4, 0.5) is 22.0 Å². The SMILES string of the molecule is O=C(CCOCCOCCOCCOCCOCCOCCOCCOCCOCCOCCOCCOCCOCCBr)Oc1c(F)c(F)c(F)c(F)c1F. The molecule has 0 bridgehead atoms. The lowest BCUT2D eigenvalue weighted by molar-refractivity contribution is -0.136. The highest BCUT2D eigenvalue weighted by molar-refractivity contribution is 9.09. The molecule has 0 N–H and O–H groups in total. The third kappa shape index (κ3) is 29.5. The first-order valence-corrected chi connectivity index (χ1v) is 19.3.